The zero-order chi connectivity index (χ0) is 7.40. The molecule has 0 N–H and O–H groups in total. The van der Waals surface area contributed by atoms with Gasteiger partial charge in [-0.3, -0.25) is 0 Å². The van der Waals surface area contributed by atoms with Gasteiger partial charge in [-0.15, -0.1) is 11.3 Å². The fourth-order valence-corrected chi connectivity index (χ4v) is 1.68. The standard InChI is InChI=1S/C8H9BrS/c1-7(6-9)5-8-3-2-4-10-8/h2-4H,1,5-6H2. The van der Waals surface area contributed by atoms with Gasteiger partial charge >= 0.3 is 0 Å². The number of thiophene rings is 1. The molecule has 2 heteroatoms. The molecule has 0 aromatic carbocycles. The Kier molecular flexibility index (Phi) is 3.16. The SMILES string of the molecule is C=C(CBr)Cc1cccs1. The Bertz CT molecular complexity index is 201. The van der Waals surface area contributed by atoms with Crippen molar-refractivity contribution in [1.82, 2.24) is 0 Å². The summed E-state index contributed by atoms with van der Waals surface area (Å²) in [6.07, 6.45) is 1.02. The van der Waals surface area contributed by atoms with Crippen molar-refractivity contribution < 1.29 is 0 Å². The van der Waals surface area contributed by atoms with E-state index >= 15 is 0 Å². The average molecular weight is 217 g/mol. The van der Waals surface area contributed by atoms with Crippen LogP contribution in [0.5, 0.6) is 0 Å². The Morgan fingerprint density at radius 3 is 3.00 bits per heavy atom. The minimum absolute atomic E-state index is 0.908. The van der Waals surface area contributed by atoms with Crippen molar-refractivity contribution in [3.8, 4) is 0 Å². The van der Waals surface area contributed by atoms with E-state index in [1.807, 2.05) is 0 Å². The normalized spacial score (nSPS) is 9.70. The van der Waals surface area contributed by atoms with Crippen LogP contribution in [-0.4, -0.2) is 5.33 Å². The number of rotatable bonds is 3. The van der Waals surface area contributed by atoms with Crippen LogP contribution in [0, 0.1) is 0 Å². The van der Waals surface area contributed by atoms with E-state index < -0.39 is 0 Å². The van der Waals surface area contributed by atoms with Crippen molar-refractivity contribution in [2.45, 2.75) is 6.42 Å². The van der Waals surface area contributed by atoms with Crippen LogP contribution in [0.3, 0.4) is 0 Å². The number of allylic oxidation sites excluding steroid dienone is 1. The summed E-state index contributed by atoms with van der Waals surface area (Å²) >= 11 is 5.15. The summed E-state index contributed by atoms with van der Waals surface area (Å²) < 4.78 is 0. The molecular formula is C8H9BrS. The fraction of sp³-hybridized carbons (Fsp3) is 0.250. The minimum atomic E-state index is 0.908. The Morgan fingerprint density at radius 1 is 1.70 bits per heavy atom. The van der Waals surface area contributed by atoms with Crippen LogP contribution in [0.1, 0.15) is 4.88 Å². The number of hydrogen-bond acceptors (Lipinski definition) is 1. The second kappa shape index (κ2) is 3.94. The van der Waals surface area contributed by atoms with Gasteiger partial charge in [0.05, 0.1) is 0 Å². The summed E-state index contributed by atoms with van der Waals surface area (Å²) in [4.78, 5) is 1.39. The van der Waals surface area contributed by atoms with Gasteiger partial charge in [0.1, 0.15) is 0 Å². The quantitative estimate of drug-likeness (QED) is 0.538. The topological polar surface area (TPSA) is 0 Å². The van der Waals surface area contributed by atoms with E-state index in [2.05, 4.69) is 40.0 Å². The zero-order valence-electron chi connectivity index (χ0n) is 5.64. The molecule has 1 rings (SSSR count). The summed E-state index contributed by atoms with van der Waals surface area (Å²) in [5.41, 5.74) is 1.24. The highest BCUT2D eigenvalue weighted by atomic mass is 79.9. The minimum Gasteiger partial charge on any atom is -0.149 e. The molecule has 0 fully saturated rings. The number of halogens is 1. The van der Waals surface area contributed by atoms with Crippen LogP contribution >= 0.6 is 27.3 Å². The second-order valence-corrected chi connectivity index (χ2v) is 3.73. The molecule has 1 aromatic rings. The molecular weight excluding hydrogens is 208 g/mol. The largest absolute Gasteiger partial charge is 0.149 e. The van der Waals surface area contributed by atoms with Gasteiger partial charge in [0, 0.05) is 16.6 Å². The van der Waals surface area contributed by atoms with E-state index in [1.54, 1.807) is 11.3 Å². The highest BCUT2D eigenvalue weighted by Gasteiger charge is 1.94. The maximum absolute atomic E-state index is 3.91. The maximum atomic E-state index is 3.91. The second-order valence-electron chi connectivity index (χ2n) is 2.14. The maximum Gasteiger partial charge on any atom is 0.0242 e. The lowest BCUT2D eigenvalue weighted by Crippen LogP contribution is -1.85. The molecule has 0 atom stereocenters. The molecule has 0 nitrogen and oxygen atoms in total. The van der Waals surface area contributed by atoms with E-state index in [4.69, 9.17) is 0 Å². The van der Waals surface area contributed by atoms with Crippen LogP contribution in [0.15, 0.2) is 29.7 Å². The first-order valence-electron chi connectivity index (χ1n) is 3.08. The van der Waals surface area contributed by atoms with Gasteiger partial charge in [-0.2, -0.15) is 0 Å². The molecule has 0 bridgehead atoms. The van der Waals surface area contributed by atoms with E-state index in [1.165, 1.54) is 10.5 Å². The monoisotopic (exact) mass is 216 g/mol. The molecule has 0 spiro atoms. The summed E-state index contributed by atoms with van der Waals surface area (Å²) in [6, 6.07) is 4.21. The highest BCUT2D eigenvalue weighted by molar-refractivity contribution is 9.09. The first kappa shape index (κ1) is 8.02. The van der Waals surface area contributed by atoms with E-state index in [0.717, 1.165) is 11.8 Å². The van der Waals surface area contributed by atoms with Crippen molar-refractivity contribution >= 4 is 27.3 Å². The lowest BCUT2D eigenvalue weighted by Gasteiger charge is -1.95. The van der Waals surface area contributed by atoms with Gasteiger partial charge in [-0.05, 0) is 11.4 Å². The van der Waals surface area contributed by atoms with Crippen molar-refractivity contribution in [2.24, 2.45) is 0 Å². The molecule has 0 radical (unpaired) electrons. The Labute approximate surface area is 73.7 Å². The molecule has 0 aliphatic heterocycles. The molecule has 0 unspecified atom stereocenters. The zero-order valence-corrected chi connectivity index (χ0v) is 8.04. The highest BCUT2D eigenvalue weighted by Crippen LogP contribution is 2.13. The summed E-state index contributed by atoms with van der Waals surface area (Å²) in [6.45, 7) is 3.91. The van der Waals surface area contributed by atoms with Crippen molar-refractivity contribution in [3.05, 3.63) is 34.5 Å². The molecule has 0 aliphatic rings. The van der Waals surface area contributed by atoms with E-state index in [0.29, 0.717) is 0 Å². The number of hydrogen-bond donors (Lipinski definition) is 0. The van der Waals surface area contributed by atoms with Crippen molar-refractivity contribution in [3.63, 3.8) is 0 Å². The Hall–Kier alpha value is -0.0800. The predicted molar refractivity (Wildman–Crippen MR) is 51.0 cm³/mol. The van der Waals surface area contributed by atoms with Gasteiger partial charge in [-0.25, -0.2) is 0 Å². The Balaban J connectivity index is 2.48. The fourth-order valence-electron chi connectivity index (χ4n) is 0.707. The third-order valence-electron chi connectivity index (χ3n) is 1.19. The van der Waals surface area contributed by atoms with Crippen LogP contribution in [0.4, 0.5) is 0 Å². The third-order valence-corrected chi connectivity index (χ3v) is 2.86. The van der Waals surface area contributed by atoms with Crippen LogP contribution in [0.2, 0.25) is 0 Å². The van der Waals surface area contributed by atoms with Crippen LogP contribution in [0.25, 0.3) is 0 Å². The molecule has 1 aromatic heterocycles. The van der Waals surface area contributed by atoms with E-state index in [-0.39, 0.29) is 0 Å². The van der Waals surface area contributed by atoms with Crippen molar-refractivity contribution in [2.75, 3.05) is 5.33 Å². The van der Waals surface area contributed by atoms with Gasteiger partial charge in [0.25, 0.3) is 0 Å². The molecule has 54 valence electrons. The van der Waals surface area contributed by atoms with Crippen LogP contribution in [-0.2, 0) is 6.42 Å². The van der Waals surface area contributed by atoms with Gasteiger partial charge < -0.3 is 0 Å². The molecule has 1 heterocycles. The predicted octanol–water partition coefficient (Wildman–Crippen LogP) is 3.24. The summed E-state index contributed by atoms with van der Waals surface area (Å²) in [5.74, 6) is 0. The summed E-state index contributed by atoms with van der Waals surface area (Å²) in [7, 11) is 0. The van der Waals surface area contributed by atoms with Crippen molar-refractivity contribution in [1.29, 1.82) is 0 Å². The Morgan fingerprint density at radius 2 is 2.50 bits per heavy atom. The molecule has 0 saturated heterocycles. The first-order chi connectivity index (χ1) is 4.83. The van der Waals surface area contributed by atoms with E-state index in [9.17, 15) is 0 Å². The third kappa shape index (κ3) is 2.27. The van der Waals surface area contributed by atoms with Gasteiger partial charge in [0.2, 0.25) is 0 Å². The lowest BCUT2D eigenvalue weighted by molar-refractivity contribution is 1.21. The molecule has 0 aliphatic carbocycles. The van der Waals surface area contributed by atoms with Gasteiger partial charge in [-0.1, -0.05) is 34.1 Å². The molecule has 10 heavy (non-hydrogen) atoms. The molecule has 0 saturated carbocycles. The smallest absolute Gasteiger partial charge is 0.0242 e. The number of alkyl halides is 1. The summed E-state index contributed by atoms with van der Waals surface area (Å²) in [5, 5.41) is 3.00. The van der Waals surface area contributed by atoms with Crippen LogP contribution < -0.4 is 0 Å². The lowest BCUT2D eigenvalue weighted by atomic mass is 10.2. The average Bonchev–Trinajstić information content (AvgIpc) is 2.40. The molecule has 0 amide bonds. The van der Waals surface area contributed by atoms with Gasteiger partial charge in [0.15, 0.2) is 0 Å². The first-order valence-corrected chi connectivity index (χ1v) is 5.08.